The summed E-state index contributed by atoms with van der Waals surface area (Å²) in [6, 6.07) is 8.35. The molecular formula is C31H43FN6O3. The Morgan fingerprint density at radius 3 is 2.51 bits per heavy atom. The van der Waals surface area contributed by atoms with Crippen molar-refractivity contribution >= 4 is 5.91 Å². The van der Waals surface area contributed by atoms with Crippen LogP contribution in [0, 0.1) is 5.82 Å². The van der Waals surface area contributed by atoms with Gasteiger partial charge in [-0.1, -0.05) is 39.7 Å². The molecule has 1 aromatic heterocycles. The van der Waals surface area contributed by atoms with E-state index >= 15 is 4.39 Å². The highest BCUT2D eigenvalue weighted by atomic mass is 19.1. The standard InChI is InChI=1S/C31H43FN6O3/c1-7-37(15-14-36(4)5)19-21-12-13-23(16-26(21)32)38-29(25-17-24(20(2)3)28(41-6)18-27(25)39)34-35-30(38)31(40)33-22-10-8-9-11-22/h12-13,16-18,20,22,39H,7-11,14-15,19H2,1-6H3,(H,33,40). The van der Waals surface area contributed by atoms with Crippen molar-refractivity contribution in [3.05, 3.63) is 53.1 Å². The van der Waals surface area contributed by atoms with Crippen molar-refractivity contribution in [2.75, 3.05) is 40.8 Å². The highest BCUT2D eigenvalue weighted by Gasteiger charge is 2.27. The SMILES string of the molecule is CCN(CCN(C)C)Cc1ccc(-n2c(C(=O)NC3CCCC3)nnc2-c2cc(C(C)C)c(OC)cc2O)cc1F. The Labute approximate surface area is 242 Å². The number of rotatable bonds is 12. The van der Waals surface area contributed by atoms with Gasteiger partial charge in [0, 0.05) is 37.3 Å². The monoisotopic (exact) mass is 566 g/mol. The number of nitrogens with one attached hydrogen (secondary N) is 1. The molecule has 222 valence electrons. The van der Waals surface area contributed by atoms with Gasteiger partial charge in [0.05, 0.1) is 18.4 Å². The molecule has 0 bridgehead atoms. The van der Waals surface area contributed by atoms with Gasteiger partial charge in [0.25, 0.3) is 5.91 Å². The van der Waals surface area contributed by atoms with Crippen molar-refractivity contribution < 1.29 is 19.0 Å². The number of carbonyl (C=O) groups excluding carboxylic acids is 1. The molecule has 4 rings (SSSR count). The van der Waals surface area contributed by atoms with E-state index in [0.717, 1.165) is 50.9 Å². The van der Waals surface area contributed by atoms with Gasteiger partial charge in [0.2, 0.25) is 5.82 Å². The number of carbonyl (C=O) groups is 1. The zero-order chi connectivity index (χ0) is 29.7. The maximum absolute atomic E-state index is 15.6. The van der Waals surface area contributed by atoms with Crippen LogP contribution in [-0.4, -0.2) is 82.5 Å². The molecular weight excluding hydrogens is 523 g/mol. The molecule has 2 N–H and O–H groups in total. The molecule has 2 aromatic carbocycles. The number of hydrogen-bond acceptors (Lipinski definition) is 7. The maximum Gasteiger partial charge on any atom is 0.289 e. The molecule has 0 spiro atoms. The molecule has 1 aliphatic carbocycles. The Hall–Kier alpha value is -3.50. The molecule has 0 radical (unpaired) electrons. The van der Waals surface area contributed by atoms with E-state index in [1.807, 2.05) is 27.9 Å². The first-order valence-electron chi connectivity index (χ1n) is 14.5. The van der Waals surface area contributed by atoms with E-state index < -0.39 is 0 Å². The zero-order valence-electron chi connectivity index (χ0n) is 25.1. The van der Waals surface area contributed by atoms with E-state index in [1.165, 1.54) is 10.6 Å². The number of amides is 1. The lowest BCUT2D eigenvalue weighted by Crippen LogP contribution is -2.34. The van der Waals surface area contributed by atoms with Crippen LogP contribution in [-0.2, 0) is 6.54 Å². The summed E-state index contributed by atoms with van der Waals surface area (Å²) in [5.41, 5.74) is 2.22. The Kier molecular flexibility index (Phi) is 9.99. The van der Waals surface area contributed by atoms with Crippen molar-refractivity contribution in [3.8, 4) is 28.6 Å². The van der Waals surface area contributed by atoms with Gasteiger partial charge in [0.1, 0.15) is 17.3 Å². The highest BCUT2D eigenvalue weighted by molar-refractivity contribution is 5.92. The first kappa shape index (κ1) is 30.5. The van der Waals surface area contributed by atoms with Gasteiger partial charge >= 0.3 is 0 Å². The van der Waals surface area contributed by atoms with Gasteiger partial charge in [-0.3, -0.25) is 14.3 Å². The Bertz CT molecular complexity index is 1350. The summed E-state index contributed by atoms with van der Waals surface area (Å²) in [6.07, 6.45) is 3.96. The third-order valence-electron chi connectivity index (χ3n) is 7.77. The van der Waals surface area contributed by atoms with Crippen molar-refractivity contribution in [2.24, 2.45) is 0 Å². The predicted octanol–water partition coefficient (Wildman–Crippen LogP) is 4.97. The predicted molar refractivity (Wildman–Crippen MR) is 158 cm³/mol. The quantitative estimate of drug-likeness (QED) is 0.320. The Balaban J connectivity index is 1.78. The molecule has 0 saturated heterocycles. The number of likely N-dealkylation sites (N-methyl/N-ethyl adjacent to an activating group) is 2. The molecule has 3 aromatic rings. The topological polar surface area (TPSA) is 95.8 Å². The molecule has 9 nitrogen and oxygen atoms in total. The lowest BCUT2D eigenvalue weighted by Gasteiger charge is -2.23. The summed E-state index contributed by atoms with van der Waals surface area (Å²) in [5, 5.41) is 22.7. The number of benzene rings is 2. The van der Waals surface area contributed by atoms with Gasteiger partial charge < -0.3 is 20.1 Å². The largest absolute Gasteiger partial charge is 0.507 e. The number of phenolic OH excluding ortho intramolecular Hbond substituents is 1. The molecule has 1 heterocycles. The zero-order valence-corrected chi connectivity index (χ0v) is 25.1. The van der Waals surface area contributed by atoms with Crippen molar-refractivity contribution in [1.29, 1.82) is 0 Å². The number of hydrogen-bond donors (Lipinski definition) is 2. The molecule has 0 atom stereocenters. The number of halogens is 1. The van der Waals surface area contributed by atoms with Crippen LogP contribution < -0.4 is 10.1 Å². The number of aromatic hydroxyl groups is 1. The average Bonchev–Trinajstić information content (AvgIpc) is 3.61. The van der Waals surface area contributed by atoms with Gasteiger partial charge in [-0.05, 0) is 63.2 Å². The minimum absolute atomic E-state index is 0.0431. The van der Waals surface area contributed by atoms with E-state index in [4.69, 9.17) is 4.74 Å². The molecule has 41 heavy (non-hydrogen) atoms. The van der Waals surface area contributed by atoms with Crippen LogP contribution in [0.4, 0.5) is 4.39 Å². The molecule has 1 fully saturated rings. The van der Waals surface area contributed by atoms with E-state index in [-0.39, 0.29) is 41.1 Å². The van der Waals surface area contributed by atoms with Gasteiger partial charge in [-0.15, -0.1) is 10.2 Å². The second-order valence-corrected chi connectivity index (χ2v) is 11.4. The van der Waals surface area contributed by atoms with Crippen LogP contribution in [0.3, 0.4) is 0 Å². The number of methoxy groups -OCH3 is 1. The summed E-state index contributed by atoms with van der Waals surface area (Å²) in [5.74, 6) is 0.110. The van der Waals surface area contributed by atoms with Crippen LogP contribution in [0.15, 0.2) is 30.3 Å². The summed E-state index contributed by atoms with van der Waals surface area (Å²) in [7, 11) is 5.59. The fourth-order valence-corrected chi connectivity index (χ4v) is 5.30. The molecule has 1 aliphatic rings. The summed E-state index contributed by atoms with van der Waals surface area (Å²) in [4.78, 5) is 17.7. The molecule has 1 amide bonds. The minimum Gasteiger partial charge on any atom is -0.507 e. The average molecular weight is 567 g/mol. The normalized spacial score (nSPS) is 14.0. The Morgan fingerprint density at radius 1 is 1.17 bits per heavy atom. The fraction of sp³-hybridized carbons (Fsp3) is 0.516. The molecule has 10 heteroatoms. The van der Waals surface area contributed by atoms with Gasteiger partial charge in [0.15, 0.2) is 5.82 Å². The number of aromatic nitrogens is 3. The third kappa shape index (κ3) is 7.05. The van der Waals surface area contributed by atoms with Crippen molar-refractivity contribution in [3.63, 3.8) is 0 Å². The summed E-state index contributed by atoms with van der Waals surface area (Å²) < 4.78 is 22.6. The highest BCUT2D eigenvalue weighted by Crippen LogP contribution is 2.39. The number of phenols is 1. The lowest BCUT2D eigenvalue weighted by atomic mass is 9.98. The number of ether oxygens (including phenoxy) is 1. The van der Waals surface area contributed by atoms with Crippen LogP contribution >= 0.6 is 0 Å². The second kappa shape index (κ2) is 13.4. The van der Waals surface area contributed by atoms with Crippen LogP contribution in [0.2, 0.25) is 0 Å². The van der Waals surface area contributed by atoms with E-state index in [2.05, 4.69) is 32.2 Å². The van der Waals surface area contributed by atoms with Crippen molar-refractivity contribution in [1.82, 2.24) is 29.9 Å². The molecule has 0 aliphatic heterocycles. The first-order chi connectivity index (χ1) is 19.6. The van der Waals surface area contributed by atoms with Crippen molar-refractivity contribution in [2.45, 2.75) is 65.0 Å². The van der Waals surface area contributed by atoms with E-state index in [9.17, 15) is 9.90 Å². The Morgan fingerprint density at radius 2 is 1.90 bits per heavy atom. The first-order valence-corrected chi connectivity index (χ1v) is 14.5. The van der Waals surface area contributed by atoms with E-state index in [1.54, 1.807) is 31.4 Å². The van der Waals surface area contributed by atoms with Crippen LogP contribution in [0.5, 0.6) is 11.5 Å². The summed E-state index contributed by atoms with van der Waals surface area (Å²) >= 11 is 0. The van der Waals surface area contributed by atoms with Gasteiger partial charge in [-0.25, -0.2) is 4.39 Å². The number of nitrogens with zero attached hydrogens (tertiary/aromatic N) is 5. The van der Waals surface area contributed by atoms with Crippen LogP contribution in [0.25, 0.3) is 17.1 Å². The molecule has 0 unspecified atom stereocenters. The van der Waals surface area contributed by atoms with Crippen LogP contribution in [0.1, 0.15) is 74.1 Å². The third-order valence-corrected chi connectivity index (χ3v) is 7.77. The fourth-order valence-electron chi connectivity index (χ4n) is 5.30. The smallest absolute Gasteiger partial charge is 0.289 e. The molecule has 1 saturated carbocycles. The van der Waals surface area contributed by atoms with E-state index in [0.29, 0.717) is 29.1 Å². The summed E-state index contributed by atoms with van der Waals surface area (Å²) in [6.45, 7) is 9.07. The second-order valence-electron chi connectivity index (χ2n) is 11.4. The van der Waals surface area contributed by atoms with Gasteiger partial charge in [-0.2, -0.15) is 0 Å². The maximum atomic E-state index is 15.6. The minimum atomic E-state index is -0.380. The lowest BCUT2D eigenvalue weighted by molar-refractivity contribution is 0.0925.